The Morgan fingerprint density at radius 3 is 2.48 bits per heavy atom. The molecular weight excluding hydrogens is 320 g/mol. The quantitative estimate of drug-likeness (QED) is 0.460. The fourth-order valence-electron chi connectivity index (χ4n) is 1.91. The molecule has 2 N–H and O–H groups in total. The van der Waals surface area contributed by atoms with E-state index in [9.17, 15) is 14.9 Å². The number of aryl methyl sites for hydroxylation is 1. The van der Waals surface area contributed by atoms with Gasteiger partial charge in [0, 0.05) is 24.0 Å². The number of carbonyl (C=O) groups excluding carboxylic acids is 1. The number of anilines is 1. The minimum atomic E-state index is -0.449. The first-order valence-corrected chi connectivity index (χ1v) is 7.58. The van der Waals surface area contributed by atoms with E-state index in [1.807, 2.05) is 31.2 Å². The Kier molecular flexibility index (Phi) is 6.41. The zero-order valence-corrected chi connectivity index (χ0v) is 13.7. The van der Waals surface area contributed by atoms with E-state index in [2.05, 4.69) is 15.8 Å². The Hall–Kier alpha value is -3.48. The summed E-state index contributed by atoms with van der Waals surface area (Å²) in [4.78, 5) is 21.7. The van der Waals surface area contributed by atoms with Crippen LogP contribution in [0.3, 0.4) is 0 Å². The van der Waals surface area contributed by atoms with Crippen molar-refractivity contribution in [2.24, 2.45) is 5.10 Å². The van der Waals surface area contributed by atoms with E-state index in [0.717, 1.165) is 16.8 Å². The summed E-state index contributed by atoms with van der Waals surface area (Å²) in [5, 5.41) is 17.3. The maximum Gasteiger partial charge on any atom is 0.269 e. The summed E-state index contributed by atoms with van der Waals surface area (Å²) >= 11 is 0. The molecule has 0 atom stereocenters. The Morgan fingerprint density at radius 1 is 1.16 bits per heavy atom. The Bertz CT molecular complexity index is 781. The lowest BCUT2D eigenvalue weighted by atomic mass is 10.2. The molecule has 25 heavy (non-hydrogen) atoms. The number of hydrazone groups is 1. The number of hydrogen-bond acceptors (Lipinski definition) is 5. The average molecular weight is 338 g/mol. The number of nitro groups is 1. The monoisotopic (exact) mass is 338 g/mol. The highest BCUT2D eigenvalue weighted by molar-refractivity contribution is 5.83. The first-order chi connectivity index (χ1) is 12.0. The molecule has 0 fully saturated rings. The van der Waals surface area contributed by atoms with Crippen LogP contribution in [0.1, 0.15) is 11.1 Å². The van der Waals surface area contributed by atoms with Gasteiger partial charge < -0.3 is 5.32 Å². The van der Waals surface area contributed by atoms with Crippen molar-refractivity contribution in [3.63, 3.8) is 0 Å². The standard InChI is InChI=1S/C18H18N4O3/c1-14-4-8-16(9-5-14)19-13-18(23)21-20-12-2-3-15-6-10-17(11-7-15)22(24)25/h2-12,19H,13H2,1H3,(H,21,23). The molecule has 7 nitrogen and oxygen atoms in total. The van der Waals surface area contributed by atoms with Crippen molar-refractivity contribution in [2.75, 3.05) is 11.9 Å². The molecule has 0 unspecified atom stereocenters. The lowest BCUT2D eigenvalue weighted by Crippen LogP contribution is -2.25. The molecule has 2 rings (SSSR count). The minimum absolute atomic E-state index is 0.0409. The maximum atomic E-state index is 11.6. The van der Waals surface area contributed by atoms with Crippen LogP contribution < -0.4 is 10.7 Å². The second-order valence-corrected chi connectivity index (χ2v) is 5.24. The van der Waals surface area contributed by atoms with E-state index < -0.39 is 4.92 Å². The summed E-state index contributed by atoms with van der Waals surface area (Å²) in [6.07, 6.45) is 4.80. The highest BCUT2D eigenvalue weighted by Gasteiger charge is 2.02. The van der Waals surface area contributed by atoms with Gasteiger partial charge in [-0.3, -0.25) is 14.9 Å². The number of non-ortho nitro benzene ring substituents is 1. The number of benzene rings is 2. The number of rotatable bonds is 7. The summed E-state index contributed by atoms with van der Waals surface area (Å²) in [5.41, 5.74) is 5.25. The van der Waals surface area contributed by atoms with Crippen molar-refractivity contribution >= 4 is 29.6 Å². The van der Waals surface area contributed by atoms with Gasteiger partial charge in [0.1, 0.15) is 0 Å². The van der Waals surface area contributed by atoms with Crippen LogP contribution in [0.4, 0.5) is 11.4 Å². The molecule has 0 aromatic heterocycles. The molecular formula is C18H18N4O3. The van der Waals surface area contributed by atoms with Gasteiger partial charge in [0.25, 0.3) is 11.6 Å². The van der Waals surface area contributed by atoms with Crippen molar-refractivity contribution < 1.29 is 9.72 Å². The smallest absolute Gasteiger partial charge is 0.269 e. The van der Waals surface area contributed by atoms with Crippen LogP contribution in [-0.2, 0) is 4.79 Å². The summed E-state index contributed by atoms with van der Waals surface area (Å²) in [7, 11) is 0. The Morgan fingerprint density at radius 2 is 1.84 bits per heavy atom. The third-order valence-corrected chi connectivity index (χ3v) is 3.25. The predicted octanol–water partition coefficient (Wildman–Crippen LogP) is 3.13. The number of nitrogens with one attached hydrogen (secondary N) is 2. The van der Waals surface area contributed by atoms with Gasteiger partial charge in [0.05, 0.1) is 11.5 Å². The maximum absolute atomic E-state index is 11.6. The topological polar surface area (TPSA) is 96.6 Å². The molecule has 0 aliphatic heterocycles. The summed E-state index contributed by atoms with van der Waals surface area (Å²) in [6.45, 7) is 2.11. The molecule has 0 spiro atoms. The second kappa shape index (κ2) is 8.97. The SMILES string of the molecule is Cc1ccc(NCC(=O)NN=CC=Cc2ccc([N+](=O)[O-])cc2)cc1. The van der Waals surface area contributed by atoms with E-state index in [-0.39, 0.29) is 18.1 Å². The number of nitrogens with zero attached hydrogens (tertiary/aromatic N) is 2. The molecule has 2 aromatic carbocycles. The van der Waals surface area contributed by atoms with Crippen LogP contribution in [0.15, 0.2) is 59.7 Å². The van der Waals surface area contributed by atoms with Crippen LogP contribution in [0.2, 0.25) is 0 Å². The van der Waals surface area contributed by atoms with Gasteiger partial charge in [-0.05, 0) is 42.8 Å². The van der Waals surface area contributed by atoms with Gasteiger partial charge in [-0.15, -0.1) is 0 Å². The molecule has 0 aliphatic rings. The van der Waals surface area contributed by atoms with Crippen molar-refractivity contribution in [3.05, 3.63) is 75.8 Å². The molecule has 0 saturated heterocycles. The molecule has 0 radical (unpaired) electrons. The Labute approximate surface area is 145 Å². The molecule has 0 heterocycles. The fourth-order valence-corrected chi connectivity index (χ4v) is 1.91. The zero-order chi connectivity index (χ0) is 18.1. The van der Waals surface area contributed by atoms with Crippen molar-refractivity contribution in [1.29, 1.82) is 0 Å². The highest BCUT2D eigenvalue weighted by Crippen LogP contribution is 2.12. The fraction of sp³-hybridized carbons (Fsp3) is 0.111. The van der Waals surface area contributed by atoms with E-state index >= 15 is 0 Å². The molecule has 128 valence electrons. The van der Waals surface area contributed by atoms with E-state index in [1.54, 1.807) is 24.3 Å². The van der Waals surface area contributed by atoms with Crippen LogP contribution in [0.5, 0.6) is 0 Å². The summed E-state index contributed by atoms with van der Waals surface area (Å²) < 4.78 is 0. The molecule has 0 aliphatic carbocycles. The minimum Gasteiger partial charge on any atom is -0.376 e. The van der Waals surface area contributed by atoms with Gasteiger partial charge in [-0.1, -0.05) is 23.8 Å². The molecule has 7 heteroatoms. The van der Waals surface area contributed by atoms with Gasteiger partial charge in [-0.2, -0.15) is 5.10 Å². The van der Waals surface area contributed by atoms with Gasteiger partial charge in [-0.25, -0.2) is 5.43 Å². The van der Waals surface area contributed by atoms with Gasteiger partial charge in [0.15, 0.2) is 0 Å². The van der Waals surface area contributed by atoms with Crippen LogP contribution in [0.25, 0.3) is 6.08 Å². The summed E-state index contributed by atoms with van der Waals surface area (Å²) in [5.74, 6) is -0.263. The number of carbonyl (C=O) groups is 1. The third-order valence-electron chi connectivity index (χ3n) is 3.25. The molecule has 0 saturated carbocycles. The second-order valence-electron chi connectivity index (χ2n) is 5.24. The first-order valence-electron chi connectivity index (χ1n) is 7.58. The number of nitro benzene ring substituents is 1. The summed E-state index contributed by atoms with van der Waals surface area (Å²) in [6, 6.07) is 13.8. The van der Waals surface area contributed by atoms with Crippen molar-refractivity contribution in [2.45, 2.75) is 6.92 Å². The van der Waals surface area contributed by atoms with Crippen molar-refractivity contribution in [3.8, 4) is 0 Å². The van der Waals surface area contributed by atoms with E-state index in [4.69, 9.17) is 0 Å². The van der Waals surface area contributed by atoms with Crippen LogP contribution in [0, 0.1) is 17.0 Å². The molecule has 0 bridgehead atoms. The lowest BCUT2D eigenvalue weighted by Gasteiger charge is -2.05. The normalized spacial score (nSPS) is 10.9. The number of hydrogen-bond donors (Lipinski definition) is 2. The Balaban J connectivity index is 1.73. The van der Waals surface area contributed by atoms with Crippen LogP contribution in [-0.4, -0.2) is 23.6 Å². The number of allylic oxidation sites excluding steroid dienone is 1. The first kappa shape index (κ1) is 17.9. The zero-order valence-electron chi connectivity index (χ0n) is 13.7. The van der Waals surface area contributed by atoms with Crippen LogP contribution >= 0.6 is 0 Å². The average Bonchev–Trinajstić information content (AvgIpc) is 2.61. The van der Waals surface area contributed by atoms with E-state index in [1.165, 1.54) is 18.3 Å². The predicted molar refractivity (Wildman–Crippen MR) is 98.4 cm³/mol. The van der Waals surface area contributed by atoms with Gasteiger partial charge in [0.2, 0.25) is 0 Å². The largest absolute Gasteiger partial charge is 0.376 e. The van der Waals surface area contributed by atoms with E-state index in [0.29, 0.717) is 0 Å². The number of amides is 1. The molecule has 2 aromatic rings. The third kappa shape index (κ3) is 6.26. The lowest BCUT2D eigenvalue weighted by molar-refractivity contribution is -0.384. The van der Waals surface area contributed by atoms with Gasteiger partial charge >= 0.3 is 0 Å². The van der Waals surface area contributed by atoms with Crippen molar-refractivity contribution in [1.82, 2.24) is 5.43 Å². The molecule has 1 amide bonds. The highest BCUT2D eigenvalue weighted by atomic mass is 16.6.